The molecule has 1 rings (SSSR count). The first-order valence-electron chi connectivity index (χ1n) is 16.5. The molecule has 1 aromatic carbocycles. The number of isocyanates is 2. The molecule has 0 saturated heterocycles. The molecule has 1 aromatic rings. The Balaban J connectivity index is 0.00000133. The summed E-state index contributed by atoms with van der Waals surface area (Å²) in [5.41, 5.74) is 3.02. The highest BCUT2D eigenvalue weighted by Crippen LogP contribution is 2.17. The van der Waals surface area contributed by atoms with Crippen molar-refractivity contribution in [1.82, 2.24) is 15.5 Å². The number of aryl methyl sites for hydroxylation is 2. The molecular weight excluding hydrogens is 572 g/mol. The second-order valence-electron chi connectivity index (χ2n) is 10.9. The number of nitriles is 1. The molecule has 11 heteroatoms. The number of nitrogens with zero attached hydrogens (tertiary/aromatic N) is 4. The van der Waals surface area contributed by atoms with Crippen molar-refractivity contribution in [2.24, 2.45) is 9.98 Å². The summed E-state index contributed by atoms with van der Waals surface area (Å²) < 4.78 is 4.66. The predicted molar refractivity (Wildman–Crippen MR) is 177 cm³/mol. The minimum Gasteiger partial charge on any atom is -0.428 e. The van der Waals surface area contributed by atoms with E-state index in [0.717, 1.165) is 69.8 Å². The summed E-state index contributed by atoms with van der Waals surface area (Å²) in [4.78, 5) is 53.6. The van der Waals surface area contributed by atoms with Crippen LogP contribution in [0.25, 0.3) is 0 Å². The van der Waals surface area contributed by atoms with Crippen LogP contribution < -0.4 is 10.6 Å². The van der Waals surface area contributed by atoms with Crippen LogP contribution in [0.4, 0.5) is 15.3 Å². The van der Waals surface area contributed by atoms with Gasteiger partial charge in [0.1, 0.15) is 6.61 Å². The van der Waals surface area contributed by atoms with Crippen molar-refractivity contribution < 1.29 is 23.9 Å². The van der Waals surface area contributed by atoms with Crippen LogP contribution in [0.2, 0.25) is 0 Å². The molecule has 0 fully saturated rings. The average molecular weight is 627 g/mol. The zero-order valence-corrected chi connectivity index (χ0v) is 27.7. The highest BCUT2D eigenvalue weighted by molar-refractivity contribution is 5.93. The summed E-state index contributed by atoms with van der Waals surface area (Å²) in [6.07, 6.45) is 19.2. The van der Waals surface area contributed by atoms with Gasteiger partial charge in [0.15, 0.2) is 0 Å². The number of hydrogen-bond acceptors (Lipinski definition) is 8. The van der Waals surface area contributed by atoms with Crippen molar-refractivity contribution in [1.29, 1.82) is 5.26 Å². The number of nitrogens with one attached hydrogen (secondary N) is 2. The van der Waals surface area contributed by atoms with Crippen LogP contribution in [0.1, 0.15) is 115 Å². The third kappa shape index (κ3) is 24.1. The normalized spacial score (nSPS) is 9.82. The van der Waals surface area contributed by atoms with Crippen LogP contribution in [0, 0.1) is 18.4 Å². The van der Waals surface area contributed by atoms with Gasteiger partial charge in [0.2, 0.25) is 12.2 Å². The Bertz CT molecular complexity index is 1080. The van der Waals surface area contributed by atoms with E-state index in [1.807, 2.05) is 19.1 Å². The zero-order chi connectivity index (χ0) is 33.4. The van der Waals surface area contributed by atoms with Crippen molar-refractivity contribution in [2.75, 3.05) is 32.8 Å². The zero-order valence-electron chi connectivity index (χ0n) is 27.7. The maximum absolute atomic E-state index is 12.6. The predicted octanol–water partition coefficient (Wildman–Crippen LogP) is 7.55. The smallest absolute Gasteiger partial charge is 0.325 e. The van der Waals surface area contributed by atoms with Gasteiger partial charge in [0.25, 0.3) is 6.26 Å². The Morgan fingerprint density at radius 1 is 0.800 bits per heavy atom. The van der Waals surface area contributed by atoms with E-state index in [4.69, 9.17) is 5.26 Å². The van der Waals surface area contributed by atoms with Gasteiger partial charge in [-0.15, -0.1) is 0 Å². The van der Waals surface area contributed by atoms with Crippen LogP contribution >= 0.6 is 0 Å². The molecule has 0 aliphatic carbocycles. The van der Waals surface area contributed by atoms with Crippen LogP contribution in [0.3, 0.4) is 0 Å². The molecule has 0 aliphatic heterocycles. The van der Waals surface area contributed by atoms with Gasteiger partial charge in [-0.3, -0.25) is 0 Å². The topological polar surface area (TPSA) is 153 Å². The molecule has 0 radical (unpaired) electrons. The fourth-order valence-corrected chi connectivity index (χ4v) is 4.50. The van der Waals surface area contributed by atoms with Gasteiger partial charge in [-0.25, -0.2) is 29.1 Å². The number of aliphatic imine (C=N–C) groups is 2. The van der Waals surface area contributed by atoms with E-state index in [1.54, 1.807) is 6.26 Å². The van der Waals surface area contributed by atoms with Crippen LogP contribution in [0.5, 0.6) is 0 Å². The van der Waals surface area contributed by atoms with Crippen molar-refractivity contribution in [3.05, 3.63) is 29.3 Å². The average Bonchev–Trinajstić information content (AvgIpc) is 3.03. The standard InChI is InChI=1S/C24H43N5O4.C10H11NO/c1-2-3-4-5-6-12-17-27-23(31)29(19-14-9-10-15-20-33-21-25)24(32)28-18-13-8-7-11-16-26-22-30;1-3-9-4-8(2)5-10(6-9)11-7-12/h2-20H2,1H3,(H,27,31)(H,28,32);4-6H,3H2,1-2H3. The number of unbranched alkanes of at least 4 members (excludes halogenated alkanes) is 11. The Morgan fingerprint density at radius 3 is 2.00 bits per heavy atom. The molecule has 45 heavy (non-hydrogen) atoms. The number of carbonyl (C=O) groups excluding carboxylic acids is 4. The molecule has 0 heterocycles. The third-order valence-electron chi connectivity index (χ3n) is 6.98. The molecule has 0 atom stereocenters. The summed E-state index contributed by atoms with van der Waals surface area (Å²) in [5.74, 6) is 0. The number of imide groups is 1. The fraction of sp³-hybridized carbons (Fsp3) is 0.676. The van der Waals surface area contributed by atoms with Crippen LogP contribution in [-0.2, 0) is 20.7 Å². The van der Waals surface area contributed by atoms with Gasteiger partial charge in [-0.05, 0) is 75.1 Å². The van der Waals surface area contributed by atoms with E-state index in [-0.39, 0.29) is 12.1 Å². The molecule has 0 aliphatic rings. The molecule has 0 bridgehead atoms. The quantitative estimate of drug-likeness (QED) is 0.0553. The molecule has 0 unspecified atom stereocenters. The van der Waals surface area contributed by atoms with Crippen LogP contribution in [0.15, 0.2) is 28.2 Å². The summed E-state index contributed by atoms with van der Waals surface area (Å²) in [6.45, 7) is 8.58. The first kappa shape index (κ1) is 41.0. The van der Waals surface area contributed by atoms with Gasteiger partial charge in [-0.2, -0.15) is 10.3 Å². The van der Waals surface area contributed by atoms with Crippen molar-refractivity contribution >= 4 is 29.9 Å². The Labute approximate surface area is 269 Å². The Kier molecular flexibility index (Phi) is 27.4. The summed E-state index contributed by atoms with van der Waals surface area (Å²) in [5, 5.41) is 14.1. The molecule has 0 aromatic heterocycles. The Morgan fingerprint density at radius 2 is 1.40 bits per heavy atom. The number of ether oxygens (including phenoxy) is 1. The SMILES string of the molecule is CCCCCCCCNC(=O)N(CCCCCCOC#N)C(=O)NCCCCCCN=C=O.CCc1cc(C)cc(N=C=O)c1. The number of amides is 4. The highest BCUT2D eigenvalue weighted by atomic mass is 16.5. The van der Waals surface area contributed by atoms with E-state index < -0.39 is 0 Å². The van der Waals surface area contributed by atoms with E-state index in [1.165, 1.54) is 48.3 Å². The maximum Gasteiger partial charge on any atom is 0.325 e. The number of carbonyl (C=O) groups is 2. The number of rotatable bonds is 23. The maximum atomic E-state index is 12.6. The van der Waals surface area contributed by atoms with E-state index in [0.29, 0.717) is 44.9 Å². The summed E-state index contributed by atoms with van der Waals surface area (Å²) in [6, 6.07) is 5.14. The van der Waals surface area contributed by atoms with Gasteiger partial charge in [0, 0.05) is 19.6 Å². The molecule has 0 saturated carbocycles. The summed E-state index contributed by atoms with van der Waals surface area (Å²) in [7, 11) is 0. The number of hydrogen-bond donors (Lipinski definition) is 2. The monoisotopic (exact) mass is 626 g/mol. The first-order chi connectivity index (χ1) is 21.9. The first-order valence-corrected chi connectivity index (χ1v) is 16.5. The van der Waals surface area contributed by atoms with Crippen molar-refractivity contribution in [3.8, 4) is 6.26 Å². The lowest BCUT2D eigenvalue weighted by atomic mass is 10.1. The minimum atomic E-state index is -0.367. The number of benzene rings is 1. The van der Waals surface area contributed by atoms with Gasteiger partial charge >= 0.3 is 12.1 Å². The molecule has 0 spiro atoms. The fourth-order valence-electron chi connectivity index (χ4n) is 4.50. The third-order valence-corrected chi connectivity index (χ3v) is 6.98. The lowest BCUT2D eigenvalue weighted by molar-refractivity contribution is 0.184. The summed E-state index contributed by atoms with van der Waals surface area (Å²) >= 11 is 0. The highest BCUT2D eigenvalue weighted by Gasteiger charge is 2.20. The Hall–Kier alpha value is -3.99. The molecule has 11 nitrogen and oxygen atoms in total. The molecule has 250 valence electrons. The minimum absolute atomic E-state index is 0.347. The van der Waals surface area contributed by atoms with E-state index in [9.17, 15) is 19.2 Å². The largest absolute Gasteiger partial charge is 0.428 e. The lowest BCUT2D eigenvalue weighted by Gasteiger charge is -2.22. The molecule has 4 amide bonds. The van der Waals surface area contributed by atoms with Gasteiger partial charge in [-0.1, -0.05) is 71.3 Å². The second-order valence-corrected chi connectivity index (χ2v) is 10.9. The van der Waals surface area contributed by atoms with Gasteiger partial charge in [0.05, 0.1) is 12.2 Å². The molecule has 2 N–H and O–H groups in total. The van der Waals surface area contributed by atoms with E-state index in [2.05, 4.69) is 45.3 Å². The van der Waals surface area contributed by atoms with Crippen LogP contribution in [-0.4, -0.2) is 61.9 Å². The van der Waals surface area contributed by atoms with Gasteiger partial charge < -0.3 is 15.4 Å². The number of urea groups is 2. The van der Waals surface area contributed by atoms with Crippen molar-refractivity contribution in [3.63, 3.8) is 0 Å². The molecular formula is C34H54N6O5. The van der Waals surface area contributed by atoms with Crippen molar-refractivity contribution in [2.45, 2.75) is 117 Å². The second kappa shape index (κ2) is 30.1. The lowest BCUT2D eigenvalue weighted by Crippen LogP contribution is -2.49. The van der Waals surface area contributed by atoms with E-state index >= 15 is 0 Å².